The average molecular weight is 408 g/mol. The smallest absolute Gasteiger partial charge is 0.248 e. The van der Waals surface area contributed by atoms with Crippen LogP contribution in [-0.4, -0.2) is 42.6 Å². The molecule has 0 bridgehead atoms. The third-order valence-electron chi connectivity index (χ3n) is 5.74. The van der Waals surface area contributed by atoms with Gasteiger partial charge in [0, 0.05) is 44.3 Å². The number of aromatic amines is 1. The number of thiophene rings is 1. The summed E-state index contributed by atoms with van der Waals surface area (Å²) >= 11 is 1.61. The number of piperazine rings is 1. The Morgan fingerprint density at radius 2 is 1.76 bits per heavy atom. The summed E-state index contributed by atoms with van der Waals surface area (Å²) < 4.78 is 15.6. The minimum atomic E-state index is -0.126. The van der Waals surface area contributed by atoms with Crippen LogP contribution in [0, 0.1) is 5.82 Å². The number of fused-ring (bicyclic) bond motifs is 2. The third-order valence-corrected chi connectivity index (χ3v) is 6.68. The zero-order valence-electron chi connectivity index (χ0n) is 16.0. The van der Waals surface area contributed by atoms with Crippen LogP contribution in [0.5, 0.6) is 0 Å². The van der Waals surface area contributed by atoms with Crippen molar-refractivity contribution in [1.29, 1.82) is 0 Å². The van der Waals surface area contributed by atoms with Gasteiger partial charge in [-0.25, -0.2) is 4.39 Å². The van der Waals surface area contributed by atoms with E-state index in [0.29, 0.717) is 0 Å². The van der Waals surface area contributed by atoms with Crippen molar-refractivity contribution in [3.8, 4) is 0 Å². The molecule has 2 aromatic carbocycles. The van der Waals surface area contributed by atoms with Gasteiger partial charge in [0.2, 0.25) is 5.56 Å². The highest BCUT2D eigenvalue weighted by Gasteiger charge is 2.21. The first-order valence-electron chi connectivity index (χ1n) is 9.92. The molecule has 0 aliphatic carbocycles. The van der Waals surface area contributed by atoms with E-state index in [2.05, 4.69) is 39.0 Å². The molecule has 4 aromatic rings. The molecule has 4 nitrogen and oxygen atoms in total. The van der Waals surface area contributed by atoms with Gasteiger partial charge in [-0.15, -0.1) is 11.3 Å². The number of rotatable bonds is 4. The van der Waals surface area contributed by atoms with Crippen LogP contribution in [0.4, 0.5) is 10.1 Å². The number of halogens is 1. The van der Waals surface area contributed by atoms with Crippen LogP contribution >= 0.6 is 11.3 Å². The molecule has 0 radical (unpaired) electrons. The van der Waals surface area contributed by atoms with Gasteiger partial charge in [-0.2, -0.15) is 0 Å². The second-order valence-electron chi connectivity index (χ2n) is 7.56. The standard InChI is InChI=1S/C23H22FN3OS/c24-19-5-3-18-8-14-29-23(18)22(19)27-12-10-26(11-13-27)9-7-16-1-2-17-4-6-21(28)25-20(17)15-16/h1-6,8,14-15H,7,9-13H2,(H,25,28). The number of H-pyrrole nitrogens is 1. The maximum atomic E-state index is 14.5. The van der Waals surface area contributed by atoms with Gasteiger partial charge in [0.15, 0.2) is 0 Å². The van der Waals surface area contributed by atoms with Crippen LogP contribution in [0.1, 0.15) is 5.56 Å². The molecule has 1 aliphatic heterocycles. The summed E-state index contributed by atoms with van der Waals surface area (Å²) in [6.07, 6.45) is 0.932. The largest absolute Gasteiger partial charge is 0.365 e. The lowest BCUT2D eigenvalue weighted by atomic mass is 10.1. The van der Waals surface area contributed by atoms with Crippen LogP contribution in [-0.2, 0) is 6.42 Å². The molecule has 1 aliphatic rings. The molecule has 0 saturated carbocycles. The number of benzene rings is 2. The Balaban J connectivity index is 1.24. The van der Waals surface area contributed by atoms with E-state index in [9.17, 15) is 9.18 Å². The predicted octanol–water partition coefficient (Wildman–Crippen LogP) is 4.25. The Morgan fingerprint density at radius 3 is 2.62 bits per heavy atom. The Morgan fingerprint density at radius 1 is 0.966 bits per heavy atom. The summed E-state index contributed by atoms with van der Waals surface area (Å²) in [4.78, 5) is 19.1. The van der Waals surface area contributed by atoms with Crippen molar-refractivity contribution in [2.45, 2.75) is 6.42 Å². The monoisotopic (exact) mass is 407 g/mol. The zero-order chi connectivity index (χ0) is 19.8. The summed E-state index contributed by atoms with van der Waals surface area (Å²) in [6.45, 7) is 4.47. The quantitative estimate of drug-likeness (QED) is 0.550. The van der Waals surface area contributed by atoms with Gasteiger partial charge < -0.3 is 9.88 Å². The Kier molecular flexibility index (Phi) is 4.81. The second kappa shape index (κ2) is 7.61. The molecule has 6 heteroatoms. The summed E-state index contributed by atoms with van der Waals surface area (Å²) in [7, 11) is 0. The fourth-order valence-electron chi connectivity index (χ4n) is 4.12. The Labute approximate surface area is 172 Å². The number of anilines is 1. The first-order chi connectivity index (χ1) is 14.2. The summed E-state index contributed by atoms with van der Waals surface area (Å²) in [5.74, 6) is -0.126. The molecular weight excluding hydrogens is 385 g/mol. The zero-order valence-corrected chi connectivity index (χ0v) is 16.8. The molecular formula is C23H22FN3OS. The second-order valence-corrected chi connectivity index (χ2v) is 8.47. The summed E-state index contributed by atoms with van der Waals surface area (Å²) in [5, 5.41) is 4.19. The lowest BCUT2D eigenvalue weighted by Crippen LogP contribution is -2.47. The van der Waals surface area contributed by atoms with Crippen LogP contribution in [0.2, 0.25) is 0 Å². The van der Waals surface area contributed by atoms with Crippen molar-refractivity contribution in [1.82, 2.24) is 9.88 Å². The number of pyridine rings is 1. The number of nitrogens with one attached hydrogen (secondary N) is 1. The van der Waals surface area contributed by atoms with Gasteiger partial charge in [-0.3, -0.25) is 9.69 Å². The van der Waals surface area contributed by atoms with Crippen molar-refractivity contribution >= 4 is 38.0 Å². The van der Waals surface area contributed by atoms with E-state index < -0.39 is 0 Å². The maximum absolute atomic E-state index is 14.5. The molecule has 5 rings (SSSR count). The van der Waals surface area contributed by atoms with Gasteiger partial charge in [0.05, 0.1) is 10.4 Å². The van der Waals surface area contributed by atoms with Gasteiger partial charge in [0.25, 0.3) is 0 Å². The minimum Gasteiger partial charge on any atom is -0.365 e. The Bertz CT molecular complexity index is 1220. The van der Waals surface area contributed by atoms with Gasteiger partial charge in [0.1, 0.15) is 5.82 Å². The van der Waals surface area contributed by atoms with Gasteiger partial charge in [-0.05, 0) is 52.4 Å². The van der Waals surface area contributed by atoms with Crippen LogP contribution in [0.3, 0.4) is 0 Å². The molecule has 2 aromatic heterocycles. The molecule has 1 fully saturated rings. The fraction of sp³-hybridized carbons (Fsp3) is 0.261. The van der Waals surface area contributed by atoms with E-state index in [4.69, 9.17) is 0 Å². The van der Waals surface area contributed by atoms with Crippen LogP contribution in [0.15, 0.2) is 58.7 Å². The van der Waals surface area contributed by atoms with E-state index in [0.717, 1.165) is 65.8 Å². The molecule has 1 N–H and O–H groups in total. The molecule has 3 heterocycles. The molecule has 0 atom stereocenters. The first kappa shape index (κ1) is 18.3. The van der Waals surface area contributed by atoms with Crippen molar-refractivity contribution in [2.24, 2.45) is 0 Å². The first-order valence-corrected chi connectivity index (χ1v) is 10.8. The van der Waals surface area contributed by atoms with Crippen LogP contribution < -0.4 is 10.5 Å². The van der Waals surface area contributed by atoms with Crippen molar-refractivity contribution in [2.75, 3.05) is 37.6 Å². The highest BCUT2D eigenvalue weighted by atomic mass is 32.1. The average Bonchev–Trinajstić information content (AvgIpc) is 3.21. The van der Waals surface area contributed by atoms with E-state index in [1.165, 1.54) is 5.56 Å². The number of hydrogen-bond acceptors (Lipinski definition) is 4. The Hall–Kier alpha value is -2.70. The highest BCUT2D eigenvalue weighted by Crippen LogP contribution is 2.34. The summed E-state index contributed by atoms with van der Waals surface area (Å²) in [5.41, 5.74) is 2.80. The molecule has 0 amide bonds. The maximum Gasteiger partial charge on any atom is 0.248 e. The van der Waals surface area contributed by atoms with Crippen molar-refractivity contribution in [3.63, 3.8) is 0 Å². The molecule has 29 heavy (non-hydrogen) atoms. The molecule has 1 saturated heterocycles. The number of nitrogens with zero attached hydrogens (tertiary/aromatic N) is 2. The van der Waals surface area contributed by atoms with E-state index in [1.807, 2.05) is 17.5 Å². The lowest BCUT2D eigenvalue weighted by molar-refractivity contribution is 0.260. The molecule has 0 unspecified atom stereocenters. The van der Waals surface area contributed by atoms with Gasteiger partial charge >= 0.3 is 0 Å². The molecule has 148 valence electrons. The number of hydrogen-bond donors (Lipinski definition) is 1. The van der Waals surface area contributed by atoms with Crippen LogP contribution in [0.25, 0.3) is 21.0 Å². The van der Waals surface area contributed by atoms with Crippen molar-refractivity contribution < 1.29 is 4.39 Å². The van der Waals surface area contributed by atoms with Gasteiger partial charge in [-0.1, -0.05) is 18.2 Å². The van der Waals surface area contributed by atoms with Crippen molar-refractivity contribution in [3.05, 3.63) is 75.6 Å². The number of aromatic nitrogens is 1. The van der Waals surface area contributed by atoms with E-state index >= 15 is 0 Å². The molecule has 0 spiro atoms. The van der Waals surface area contributed by atoms with E-state index in [1.54, 1.807) is 23.5 Å². The predicted molar refractivity (Wildman–Crippen MR) is 119 cm³/mol. The lowest BCUT2D eigenvalue weighted by Gasteiger charge is -2.36. The SMILES string of the molecule is O=c1ccc2ccc(CCN3CCN(c4c(F)ccc5ccsc45)CC3)cc2[nH]1. The normalized spacial score (nSPS) is 15.4. The third kappa shape index (κ3) is 3.66. The fourth-order valence-corrected chi connectivity index (χ4v) is 5.08. The highest BCUT2D eigenvalue weighted by molar-refractivity contribution is 7.17. The van der Waals surface area contributed by atoms with E-state index in [-0.39, 0.29) is 11.4 Å². The summed E-state index contributed by atoms with van der Waals surface area (Å²) in [6, 6.07) is 15.2. The minimum absolute atomic E-state index is 0.0706. The topological polar surface area (TPSA) is 39.3 Å².